The van der Waals surface area contributed by atoms with Crippen LogP contribution in [-0.2, 0) is 12.8 Å². The summed E-state index contributed by atoms with van der Waals surface area (Å²) >= 11 is 0. The molecule has 0 bridgehead atoms. The third-order valence-electron chi connectivity index (χ3n) is 11.9. The summed E-state index contributed by atoms with van der Waals surface area (Å²) < 4.78 is 4.98. The van der Waals surface area contributed by atoms with Crippen LogP contribution in [0.2, 0.25) is 0 Å². The monoisotopic (exact) mass is 732 g/mol. The molecule has 1 unspecified atom stereocenters. The Labute approximate surface area is 332 Å². The number of aryl methyl sites for hydroxylation is 1. The number of hydrogen-bond acceptors (Lipinski definition) is 2. The Hall–Kier alpha value is -7.04. The van der Waals surface area contributed by atoms with Crippen molar-refractivity contribution in [2.75, 3.05) is 0 Å². The van der Waals surface area contributed by atoms with E-state index in [0.717, 1.165) is 52.3 Å². The molecule has 10 aromatic rings. The van der Waals surface area contributed by atoms with Gasteiger partial charge >= 0.3 is 0 Å². The van der Waals surface area contributed by atoms with Crippen molar-refractivity contribution in [3.05, 3.63) is 193 Å². The molecule has 4 heteroatoms. The predicted octanol–water partition coefficient (Wildman–Crippen LogP) is 13.3. The third kappa shape index (κ3) is 5.76. The van der Waals surface area contributed by atoms with Gasteiger partial charge in [-0.2, -0.15) is 0 Å². The first-order valence-electron chi connectivity index (χ1n) is 20.0. The molecule has 0 aliphatic heterocycles. The normalized spacial score (nSPS) is 14.0. The average Bonchev–Trinajstić information content (AvgIpc) is 3.79. The summed E-state index contributed by atoms with van der Waals surface area (Å²) in [5.41, 5.74) is 16.0. The van der Waals surface area contributed by atoms with Crippen molar-refractivity contribution in [3.8, 4) is 56.4 Å². The van der Waals surface area contributed by atoms with Gasteiger partial charge in [0, 0.05) is 49.9 Å². The van der Waals surface area contributed by atoms with Crippen molar-refractivity contribution in [2.24, 2.45) is 5.92 Å². The molecule has 0 fully saturated rings. The lowest BCUT2D eigenvalue weighted by molar-refractivity contribution is 0.492. The fraction of sp³-hybridized carbons (Fsp3) is 0.0943. The number of para-hydroxylation sites is 3. The Balaban J connectivity index is 1.18. The van der Waals surface area contributed by atoms with E-state index in [4.69, 9.17) is 9.97 Å². The lowest BCUT2D eigenvalue weighted by atomic mass is 9.88. The quantitative estimate of drug-likeness (QED) is 0.171. The summed E-state index contributed by atoms with van der Waals surface area (Å²) in [5.74, 6) is 1.32. The zero-order valence-electron chi connectivity index (χ0n) is 31.8. The van der Waals surface area contributed by atoms with E-state index in [9.17, 15) is 0 Å². The van der Waals surface area contributed by atoms with E-state index >= 15 is 0 Å². The Morgan fingerprint density at radius 1 is 0.439 bits per heavy atom. The maximum Gasteiger partial charge on any atom is 0.160 e. The highest BCUT2D eigenvalue weighted by Gasteiger charge is 2.25. The molecule has 7 aromatic carbocycles. The molecule has 57 heavy (non-hydrogen) atoms. The molecule has 272 valence electrons. The van der Waals surface area contributed by atoms with Gasteiger partial charge in [0.1, 0.15) is 0 Å². The summed E-state index contributed by atoms with van der Waals surface area (Å²) in [4.78, 5) is 10.6. The van der Waals surface area contributed by atoms with Crippen molar-refractivity contribution in [1.82, 2.24) is 19.1 Å². The van der Waals surface area contributed by atoms with Gasteiger partial charge in [-0.05, 0) is 84.3 Å². The van der Waals surface area contributed by atoms with Crippen molar-refractivity contribution in [2.45, 2.75) is 26.2 Å². The molecule has 3 aromatic heterocycles. The van der Waals surface area contributed by atoms with E-state index in [2.05, 4.69) is 192 Å². The number of fused-ring (bicyclic) bond motifs is 6. The first-order valence-corrected chi connectivity index (χ1v) is 20.0. The molecular formula is C53H40N4. The van der Waals surface area contributed by atoms with Crippen molar-refractivity contribution < 1.29 is 0 Å². The molecule has 0 saturated heterocycles. The number of rotatable bonds is 6. The first-order chi connectivity index (χ1) is 28.2. The van der Waals surface area contributed by atoms with E-state index in [-0.39, 0.29) is 0 Å². The Morgan fingerprint density at radius 2 is 0.930 bits per heavy atom. The Bertz CT molecular complexity index is 3050. The van der Waals surface area contributed by atoms with Gasteiger partial charge in [-0.25, -0.2) is 9.97 Å². The molecule has 1 aliphatic rings. The first kappa shape index (κ1) is 33.3. The lowest BCUT2D eigenvalue weighted by Gasteiger charge is -2.22. The summed E-state index contributed by atoms with van der Waals surface area (Å²) in [5, 5.41) is 3.84. The zero-order valence-corrected chi connectivity index (χ0v) is 31.8. The zero-order chi connectivity index (χ0) is 37.9. The highest BCUT2D eigenvalue weighted by Crippen LogP contribution is 2.40. The molecule has 0 saturated carbocycles. The summed E-state index contributed by atoms with van der Waals surface area (Å²) in [6, 6.07) is 65.4. The van der Waals surface area contributed by atoms with Crippen LogP contribution >= 0.6 is 0 Å². The second kappa shape index (κ2) is 13.6. The average molecular weight is 733 g/mol. The molecule has 4 nitrogen and oxygen atoms in total. The molecule has 1 aliphatic carbocycles. The SMILES string of the molecule is CC1CCc2c(n(-c3cc(-c4cc(-c5ccc(-c6ccccc6)cc5)nc(-c5ccccc5)n4)cc(-n4c5ccccc5c5ccccc54)c3)c3ccccc23)C1. The maximum atomic E-state index is 5.37. The van der Waals surface area contributed by atoms with Gasteiger partial charge in [0.25, 0.3) is 0 Å². The number of aromatic nitrogens is 4. The third-order valence-corrected chi connectivity index (χ3v) is 11.9. The Morgan fingerprint density at radius 3 is 1.58 bits per heavy atom. The van der Waals surface area contributed by atoms with Crippen molar-refractivity contribution >= 4 is 32.7 Å². The summed E-state index contributed by atoms with van der Waals surface area (Å²) in [6.07, 6.45) is 3.36. The van der Waals surface area contributed by atoms with Gasteiger partial charge in [-0.3, -0.25) is 0 Å². The maximum absolute atomic E-state index is 5.37. The van der Waals surface area contributed by atoms with Gasteiger partial charge in [-0.1, -0.05) is 146 Å². The molecule has 3 heterocycles. The number of hydrogen-bond donors (Lipinski definition) is 0. The molecule has 0 spiro atoms. The minimum absolute atomic E-state index is 0.617. The van der Waals surface area contributed by atoms with Crippen molar-refractivity contribution in [1.29, 1.82) is 0 Å². The van der Waals surface area contributed by atoms with Crippen LogP contribution < -0.4 is 0 Å². The van der Waals surface area contributed by atoms with E-state index in [0.29, 0.717) is 11.7 Å². The van der Waals surface area contributed by atoms with Crippen LogP contribution in [0, 0.1) is 5.92 Å². The van der Waals surface area contributed by atoms with Gasteiger partial charge < -0.3 is 9.13 Å². The number of nitrogens with zero attached hydrogens (tertiary/aromatic N) is 4. The van der Waals surface area contributed by atoms with Crippen LogP contribution in [-0.4, -0.2) is 19.1 Å². The fourth-order valence-corrected chi connectivity index (χ4v) is 9.10. The van der Waals surface area contributed by atoms with Crippen LogP contribution in [0.1, 0.15) is 24.6 Å². The van der Waals surface area contributed by atoms with E-state index in [1.807, 2.05) is 6.07 Å². The van der Waals surface area contributed by atoms with Crippen LogP contribution in [0.25, 0.3) is 89.1 Å². The Kier molecular flexibility index (Phi) is 7.95. The van der Waals surface area contributed by atoms with Crippen LogP contribution in [0.3, 0.4) is 0 Å². The van der Waals surface area contributed by atoms with Crippen LogP contribution in [0.5, 0.6) is 0 Å². The van der Waals surface area contributed by atoms with E-state index < -0.39 is 0 Å². The van der Waals surface area contributed by atoms with Gasteiger partial charge in [0.05, 0.1) is 27.9 Å². The molecular weight excluding hydrogens is 693 g/mol. The highest BCUT2D eigenvalue weighted by molar-refractivity contribution is 6.09. The van der Waals surface area contributed by atoms with Gasteiger partial charge in [-0.15, -0.1) is 0 Å². The van der Waals surface area contributed by atoms with Crippen LogP contribution in [0.15, 0.2) is 182 Å². The topological polar surface area (TPSA) is 35.6 Å². The van der Waals surface area contributed by atoms with E-state index in [1.54, 1.807) is 0 Å². The standard InChI is InChI=1S/C53H40N4/c1-35-24-29-46-45-20-10-13-23-51(45)57(52(46)30-35)42-32-40(31-41(33-42)56-49-21-11-8-18-43(49)44-19-9-12-22-50(44)56)48-34-47(54-53(55-48)39-16-6-3-7-17-39)38-27-25-37(26-28-38)36-14-4-2-5-15-36/h2-23,25-28,31-35H,24,29-30H2,1H3. The second-order valence-electron chi connectivity index (χ2n) is 15.5. The summed E-state index contributed by atoms with van der Waals surface area (Å²) in [6.45, 7) is 2.39. The minimum atomic E-state index is 0.617. The number of benzene rings is 7. The molecule has 0 N–H and O–H groups in total. The fourth-order valence-electron chi connectivity index (χ4n) is 9.10. The molecule has 0 radical (unpaired) electrons. The highest BCUT2D eigenvalue weighted by atomic mass is 15.0. The van der Waals surface area contributed by atoms with Crippen LogP contribution in [0.4, 0.5) is 0 Å². The minimum Gasteiger partial charge on any atom is -0.313 e. The molecule has 11 rings (SSSR count). The largest absolute Gasteiger partial charge is 0.313 e. The molecule has 1 atom stereocenters. The summed E-state index contributed by atoms with van der Waals surface area (Å²) in [7, 11) is 0. The van der Waals surface area contributed by atoms with Gasteiger partial charge in [0.15, 0.2) is 5.82 Å². The van der Waals surface area contributed by atoms with E-state index in [1.165, 1.54) is 61.5 Å². The lowest BCUT2D eigenvalue weighted by Crippen LogP contribution is -2.14. The second-order valence-corrected chi connectivity index (χ2v) is 15.5. The molecule has 0 amide bonds. The predicted molar refractivity (Wildman–Crippen MR) is 236 cm³/mol. The van der Waals surface area contributed by atoms with Gasteiger partial charge in [0.2, 0.25) is 0 Å². The smallest absolute Gasteiger partial charge is 0.160 e. The van der Waals surface area contributed by atoms with Crippen molar-refractivity contribution in [3.63, 3.8) is 0 Å².